The van der Waals surface area contributed by atoms with Crippen LogP contribution in [-0.2, 0) is 6.42 Å². The van der Waals surface area contributed by atoms with Crippen LogP contribution in [0.2, 0.25) is 0 Å². The predicted molar refractivity (Wildman–Crippen MR) is 117 cm³/mol. The van der Waals surface area contributed by atoms with E-state index in [1.54, 1.807) is 4.52 Å². The number of nitrogen functional groups attached to an aromatic ring is 1. The van der Waals surface area contributed by atoms with E-state index < -0.39 is 0 Å². The quantitative estimate of drug-likeness (QED) is 0.639. The van der Waals surface area contributed by atoms with E-state index in [0.717, 1.165) is 35.8 Å². The van der Waals surface area contributed by atoms with Crippen LogP contribution in [0.15, 0.2) is 29.1 Å². The van der Waals surface area contributed by atoms with Crippen molar-refractivity contribution in [1.29, 1.82) is 0 Å². The average molecular weight is 394 g/mol. The minimum Gasteiger partial charge on any atom is -0.399 e. The van der Waals surface area contributed by atoms with E-state index in [-0.39, 0.29) is 5.56 Å². The lowest BCUT2D eigenvalue weighted by Crippen LogP contribution is -2.26. The molecular weight excluding hydrogens is 362 g/mol. The molecule has 6 nitrogen and oxygen atoms in total. The summed E-state index contributed by atoms with van der Waals surface area (Å²) in [6, 6.07) is 7.43. The molecule has 1 aromatic carbocycles. The number of benzene rings is 1. The number of aromatic nitrogens is 4. The number of nitrogens with one attached hydrogen (secondary N) is 1. The lowest BCUT2D eigenvalue weighted by molar-refractivity contribution is 0.167. The minimum atomic E-state index is -0.142. The van der Waals surface area contributed by atoms with Gasteiger partial charge in [-0.05, 0) is 55.6 Å². The SMILES string of the molecule is CCc1nc(C2CCC(C(C)(C)C)CC2)n2nc(-c3cccc(N)c3)[nH]c(=O)c12. The second-order valence-corrected chi connectivity index (χ2v) is 9.37. The largest absolute Gasteiger partial charge is 0.399 e. The van der Waals surface area contributed by atoms with Gasteiger partial charge in [0.25, 0.3) is 5.56 Å². The summed E-state index contributed by atoms with van der Waals surface area (Å²) in [7, 11) is 0. The number of imidazole rings is 1. The Morgan fingerprint density at radius 3 is 2.55 bits per heavy atom. The molecule has 0 atom stereocenters. The van der Waals surface area contributed by atoms with Gasteiger partial charge in [-0.1, -0.05) is 39.8 Å². The van der Waals surface area contributed by atoms with Crippen LogP contribution in [0.4, 0.5) is 5.69 Å². The van der Waals surface area contributed by atoms with Crippen LogP contribution in [0.25, 0.3) is 16.9 Å². The fourth-order valence-corrected chi connectivity index (χ4v) is 4.64. The lowest BCUT2D eigenvalue weighted by atomic mass is 9.70. The van der Waals surface area contributed by atoms with Crippen molar-refractivity contribution < 1.29 is 0 Å². The number of fused-ring (bicyclic) bond motifs is 1. The first kappa shape index (κ1) is 19.7. The van der Waals surface area contributed by atoms with E-state index in [2.05, 4.69) is 25.8 Å². The van der Waals surface area contributed by atoms with Crippen LogP contribution < -0.4 is 11.3 Å². The second-order valence-electron chi connectivity index (χ2n) is 9.37. The van der Waals surface area contributed by atoms with Crippen molar-refractivity contribution in [2.75, 3.05) is 5.73 Å². The highest BCUT2D eigenvalue weighted by atomic mass is 16.1. The molecular formula is C23H31N5O. The van der Waals surface area contributed by atoms with E-state index in [0.29, 0.717) is 34.8 Å². The average Bonchev–Trinajstić information content (AvgIpc) is 3.07. The lowest BCUT2D eigenvalue weighted by Gasteiger charge is -2.36. The van der Waals surface area contributed by atoms with Crippen LogP contribution >= 0.6 is 0 Å². The number of rotatable bonds is 3. The normalized spacial score (nSPS) is 20.3. The Kier molecular flexibility index (Phi) is 4.97. The Morgan fingerprint density at radius 1 is 1.21 bits per heavy atom. The molecule has 2 heterocycles. The molecule has 0 saturated heterocycles. The third kappa shape index (κ3) is 3.68. The van der Waals surface area contributed by atoms with Crippen LogP contribution in [0.5, 0.6) is 0 Å². The van der Waals surface area contributed by atoms with Crippen LogP contribution in [0.3, 0.4) is 0 Å². The molecule has 0 spiro atoms. The number of H-pyrrole nitrogens is 1. The summed E-state index contributed by atoms with van der Waals surface area (Å²) in [5.41, 5.74) is 8.97. The number of aromatic amines is 1. The molecule has 1 saturated carbocycles. The number of aryl methyl sites for hydroxylation is 1. The Morgan fingerprint density at radius 2 is 1.93 bits per heavy atom. The van der Waals surface area contributed by atoms with Gasteiger partial charge >= 0.3 is 0 Å². The highest BCUT2D eigenvalue weighted by molar-refractivity contribution is 5.62. The maximum atomic E-state index is 12.9. The maximum absolute atomic E-state index is 12.9. The molecule has 0 aliphatic heterocycles. The van der Waals surface area contributed by atoms with E-state index in [1.165, 1.54) is 12.8 Å². The Balaban J connectivity index is 1.78. The summed E-state index contributed by atoms with van der Waals surface area (Å²) < 4.78 is 1.80. The van der Waals surface area contributed by atoms with E-state index >= 15 is 0 Å². The molecule has 0 unspecified atom stereocenters. The smallest absolute Gasteiger partial charge is 0.277 e. The van der Waals surface area contributed by atoms with E-state index in [9.17, 15) is 4.79 Å². The monoisotopic (exact) mass is 393 g/mol. The Labute approximate surface area is 171 Å². The first-order valence-electron chi connectivity index (χ1n) is 10.7. The van der Waals surface area contributed by atoms with Gasteiger partial charge in [-0.15, -0.1) is 5.10 Å². The molecule has 29 heavy (non-hydrogen) atoms. The standard InChI is InChI=1S/C23H31N5O/c1-5-18-19-22(29)26-20(15-7-6-8-17(24)13-15)27-28(19)21(25-18)14-9-11-16(12-10-14)23(2,3)4/h6-8,13-14,16H,5,9-12,24H2,1-4H3,(H,26,27,29). The molecule has 0 radical (unpaired) electrons. The van der Waals surface area contributed by atoms with Gasteiger partial charge in [-0.25, -0.2) is 9.50 Å². The minimum absolute atomic E-state index is 0.142. The zero-order valence-corrected chi connectivity index (χ0v) is 17.8. The molecule has 2 aromatic heterocycles. The number of nitrogens with two attached hydrogens (primary N) is 1. The number of hydrogen-bond donors (Lipinski definition) is 2. The molecule has 3 N–H and O–H groups in total. The van der Waals surface area contributed by atoms with Crippen LogP contribution in [-0.4, -0.2) is 19.6 Å². The van der Waals surface area contributed by atoms with Crippen molar-refractivity contribution in [3.05, 3.63) is 46.1 Å². The van der Waals surface area contributed by atoms with E-state index in [1.807, 2.05) is 31.2 Å². The third-order valence-electron chi connectivity index (χ3n) is 6.41. The topological polar surface area (TPSA) is 89.1 Å². The molecule has 1 aliphatic carbocycles. The number of hydrogen-bond acceptors (Lipinski definition) is 4. The Hall–Kier alpha value is -2.63. The van der Waals surface area contributed by atoms with Gasteiger partial charge in [0.05, 0.1) is 5.69 Å². The highest BCUT2D eigenvalue weighted by Crippen LogP contribution is 2.43. The zero-order chi connectivity index (χ0) is 20.8. The van der Waals surface area contributed by atoms with Crippen LogP contribution in [0.1, 0.15) is 70.8 Å². The van der Waals surface area contributed by atoms with Crippen molar-refractivity contribution in [3.8, 4) is 11.4 Å². The number of nitrogens with zero attached hydrogens (tertiary/aromatic N) is 3. The molecule has 3 aromatic rings. The maximum Gasteiger partial charge on any atom is 0.277 e. The highest BCUT2D eigenvalue weighted by Gasteiger charge is 2.32. The summed E-state index contributed by atoms with van der Waals surface area (Å²) in [5, 5.41) is 4.80. The van der Waals surface area contributed by atoms with Gasteiger partial charge in [-0.2, -0.15) is 0 Å². The van der Waals surface area contributed by atoms with Gasteiger partial charge in [0.15, 0.2) is 11.3 Å². The summed E-state index contributed by atoms with van der Waals surface area (Å²) in [6.45, 7) is 9.03. The predicted octanol–water partition coefficient (Wildman–Crippen LogP) is 4.55. The van der Waals surface area contributed by atoms with Crippen molar-refractivity contribution in [2.45, 2.75) is 65.7 Å². The molecule has 154 valence electrons. The first-order chi connectivity index (χ1) is 13.8. The zero-order valence-electron chi connectivity index (χ0n) is 17.8. The molecule has 1 fully saturated rings. The van der Waals surface area contributed by atoms with Gasteiger partial charge in [0.2, 0.25) is 0 Å². The summed E-state index contributed by atoms with van der Waals surface area (Å²) in [5.74, 6) is 2.53. The van der Waals surface area contributed by atoms with Gasteiger partial charge in [-0.3, -0.25) is 4.79 Å². The fraction of sp³-hybridized carbons (Fsp3) is 0.522. The van der Waals surface area contributed by atoms with Gasteiger partial charge in [0.1, 0.15) is 5.82 Å². The number of anilines is 1. The third-order valence-corrected chi connectivity index (χ3v) is 6.41. The van der Waals surface area contributed by atoms with Crippen molar-refractivity contribution in [2.24, 2.45) is 11.3 Å². The fourth-order valence-electron chi connectivity index (χ4n) is 4.64. The van der Waals surface area contributed by atoms with Crippen LogP contribution in [0, 0.1) is 11.3 Å². The summed E-state index contributed by atoms with van der Waals surface area (Å²) in [4.78, 5) is 20.7. The summed E-state index contributed by atoms with van der Waals surface area (Å²) in [6.07, 6.45) is 5.27. The molecule has 0 amide bonds. The second kappa shape index (κ2) is 7.32. The van der Waals surface area contributed by atoms with Crippen molar-refractivity contribution in [1.82, 2.24) is 19.6 Å². The molecule has 1 aliphatic rings. The van der Waals surface area contributed by atoms with E-state index in [4.69, 9.17) is 15.8 Å². The molecule has 6 heteroatoms. The van der Waals surface area contributed by atoms with Crippen molar-refractivity contribution >= 4 is 11.2 Å². The van der Waals surface area contributed by atoms with Crippen molar-refractivity contribution in [3.63, 3.8) is 0 Å². The van der Waals surface area contributed by atoms with Gasteiger partial charge in [0, 0.05) is 17.2 Å². The molecule has 0 bridgehead atoms. The Bertz CT molecular complexity index is 1080. The summed E-state index contributed by atoms with van der Waals surface area (Å²) >= 11 is 0. The van der Waals surface area contributed by atoms with Gasteiger partial charge < -0.3 is 10.7 Å². The molecule has 4 rings (SSSR count). The first-order valence-corrected chi connectivity index (χ1v) is 10.7.